The monoisotopic (exact) mass is 818 g/mol. The fraction of sp³-hybridized carbons (Fsp3) is 0.744. The molecule has 1 aromatic carbocycles. The van der Waals surface area contributed by atoms with Crippen molar-refractivity contribution in [2.24, 2.45) is 29.1 Å². The zero-order valence-corrected chi connectivity index (χ0v) is 35.9. The third-order valence-electron chi connectivity index (χ3n) is 12.2. The van der Waals surface area contributed by atoms with Crippen molar-refractivity contribution < 1.29 is 61.9 Å². The van der Waals surface area contributed by atoms with Crippen LogP contribution in [0.25, 0.3) is 0 Å². The van der Waals surface area contributed by atoms with Crippen molar-refractivity contribution in [1.82, 2.24) is 10.6 Å². The van der Waals surface area contributed by atoms with E-state index in [-0.39, 0.29) is 62.2 Å². The third kappa shape index (κ3) is 12.6. The maximum Gasteiger partial charge on any atom is 0.317 e. The molecule has 1 aliphatic carbocycles. The highest BCUT2D eigenvalue weighted by Gasteiger charge is 2.49. The zero-order chi connectivity index (χ0) is 42.7. The van der Waals surface area contributed by atoms with Gasteiger partial charge in [-0.05, 0) is 55.9 Å². The summed E-state index contributed by atoms with van der Waals surface area (Å²) in [5.41, 5.74) is 0.451. The van der Waals surface area contributed by atoms with E-state index in [4.69, 9.17) is 37.9 Å². The molecule has 15 nitrogen and oxygen atoms in total. The molecular weight excluding hydrogens is 752 g/mol. The predicted octanol–water partition coefficient (Wildman–Crippen LogP) is 5.42. The zero-order valence-electron chi connectivity index (χ0n) is 35.9. The highest BCUT2D eigenvalue weighted by Crippen LogP contribution is 2.38. The molecule has 0 aromatic heterocycles. The van der Waals surface area contributed by atoms with Gasteiger partial charge >= 0.3 is 29.9 Å². The number of urea groups is 1. The minimum atomic E-state index is -1.02. The number of hydrogen-bond acceptors (Lipinski definition) is 13. The van der Waals surface area contributed by atoms with E-state index in [9.17, 15) is 24.0 Å². The van der Waals surface area contributed by atoms with Crippen LogP contribution in [0.1, 0.15) is 106 Å². The van der Waals surface area contributed by atoms with E-state index >= 15 is 0 Å². The summed E-state index contributed by atoms with van der Waals surface area (Å²) < 4.78 is 47.8. The summed E-state index contributed by atoms with van der Waals surface area (Å²) in [4.78, 5) is 62.7. The number of ether oxygens (including phenoxy) is 8. The standard InChI is InChI=1S/C43H66N2O13/c1-11-43(10,21-25(3)32-15-13-12-14-16-32)41(49)51-20-19-44-42(50)45-39-37(55-30(8)47)27(5)35(22-52-39)58-40-38(56-31(9)48)28(6)34(23-53-40)57-33-18-17-24(2)26(4)36(33)54-29(7)46/h12-16,24-28,33-40H,11,17-23H2,1-10H3,(H2,44,45,50). The minimum Gasteiger partial charge on any atom is -0.463 e. The minimum absolute atomic E-state index is 0.0122. The predicted molar refractivity (Wildman–Crippen MR) is 211 cm³/mol. The lowest BCUT2D eigenvalue weighted by Crippen LogP contribution is -2.61. The van der Waals surface area contributed by atoms with Crippen LogP contribution in [0.15, 0.2) is 30.3 Å². The number of nitrogens with one attached hydrogen (secondary N) is 2. The Bertz CT molecular complexity index is 1530. The van der Waals surface area contributed by atoms with Crippen LogP contribution in [-0.4, -0.2) is 105 Å². The Hall–Kier alpha value is -3.79. The summed E-state index contributed by atoms with van der Waals surface area (Å²) in [5.74, 6) is -2.08. The largest absolute Gasteiger partial charge is 0.463 e. The molecule has 2 aliphatic heterocycles. The van der Waals surface area contributed by atoms with E-state index < -0.39 is 72.3 Å². The second-order valence-corrected chi connectivity index (χ2v) is 16.7. The molecule has 14 atom stereocenters. The van der Waals surface area contributed by atoms with Crippen molar-refractivity contribution in [3.8, 4) is 0 Å². The first kappa shape index (κ1) is 46.9. The molecule has 2 heterocycles. The molecule has 3 fully saturated rings. The average molecular weight is 819 g/mol. The third-order valence-corrected chi connectivity index (χ3v) is 12.2. The molecule has 15 heteroatoms. The Balaban J connectivity index is 1.32. The van der Waals surface area contributed by atoms with E-state index in [0.717, 1.165) is 12.0 Å². The van der Waals surface area contributed by atoms with Gasteiger partial charge in [0.2, 0.25) is 0 Å². The number of hydrogen-bond donors (Lipinski definition) is 2. The van der Waals surface area contributed by atoms with Crippen molar-refractivity contribution in [3.63, 3.8) is 0 Å². The lowest BCUT2D eigenvalue weighted by Gasteiger charge is -2.46. The SMILES string of the molecule is CCC(C)(CC(C)c1ccccc1)C(=O)OCCNC(=O)NC1OCC(OC2OCC(OC3CCC(C)C(C)C3OC(C)=O)C(C)C2OC(C)=O)C(C)C1OC(C)=O. The number of rotatable bonds is 16. The van der Waals surface area contributed by atoms with Crippen LogP contribution >= 0.6 is 0 Å². The smallest absolute Gasteiger partial charge is 0.317 e. The molecule has 2 N–H and O–H groups in total. The first-order valence-corrected chi connectivity index (χ1v) is 20.8. The molecule has 4 rings (SSSR count). The van der Waals surface area contributed by atoms with Gasteiger partial charge in [-0.1, -0.05) is 71.9 Å². The molecule has 58 heavy (non-hydrogen) atoms. The van der Waals surface area contributed by atoms with Gasteiger partial charge in [0.15, 0.2) is 24.7 Å². The van der Waals surface area contributed by atoms with E-state index in [1.165, 1.54) is 20.8 Å². The Kier molecular flexibility index (Phi) is 17.4. The fourth-order valence-electron chi connectivity index (χ4n) is 8.15. The molecule has 3 aliphatic rings. The van der Waals surface area contributed by atoms with E-state index in [2.05, 4.69) is 31.4 Å². The van der Waals surface area contributed by atoms with Gasteiger partial charge in [-0.2, -0.15) is 0 Å². The summed E-state index contributed by atoms with van der Waals surface area (Å²) in [5, 5.41) is 5.40. The van der Waals surface area contributed by atoms with E-state index in [1.807, 2.05) is 51.1 Å². The van der Waals surface area contributed by atoms with Crippen molar-refractivity contribution in [1.29, 1.82) is 0 Å². The van der Waals surface area contributed by atoms with E-state index in [0.29, 0.717) is 25.2 Å². The molecule has 14 unspecified atom stereocenters. The molecule has 1 saturated carbocycles. The maximum atomic E-state index is 13.1. The van der Waals surface area contributed by atoms with Crippen LogP contribution in [0, 0.1) is 29.1 Å². The highest BCUT2D eigenvalue weighted by atomic mass is 16.7. The quantitative estimate of drug-likeness (QED) is 0.123. The first-order valence-electron chi connectivity index (χ1n) is 20.8. The lowest BCUT2D eigenvalue weighted by molar-refractivity contribution is -0.307. The van der Waals surface area contributed by atoms with Gasteiger partial charge in [0.1, 0.15) is 12.7 Å². The van der Waals surface area contributed by atoms with Crippen LogP contribution < -0.4 is 10.6 Å². The summed E-state index contributed by atoms with van der Waals surface area (Å²) >= 11 is 0. The summed E-state index contributed by atoms with van der Waals surface area (Å²) in [6, 6.07) is 9.41. The molecule has 326 valence electrons. The van der Waals surface area contributed by atoms with Gasteiger partial charge in [0.25, 0.3) is 0 Å². The maximum absolute atomic E-state index is 13.1. The van der Waals surface area contributed by atoms with Crippen LogP contribution in [0.3, 0.4) is 0 Å². The van der Waals surface area contributed by atoms with Gasteiger partial charge in [0, 0.05) is 32.6 Å². The number of carbonyl (C=O) groups is 5. The molecule has 0 bridgehead atoms. The topological polar surface area (TPSA) is 183 Å². The van der Waals surface area contributed by atoms with Gasteiger partial charge < -0.3 is 48.5 Å². The fourth-order valence-corrected chi connectivity index (χ4v) is 8.15. The van der Waals surface area contributed by atoms with Gasteiger partial charge in [-0.15, -0.1) is 0 Å². The molecular formula is C43H66N2O13. The van der Waals surface area contributed by atoms with Crippen molar-refractivity contribution in [2.45, 2.75) is 150 Å². The second kappa shape index (κ2) is 21.5. The molecule has 2 amide bonds. The number of carbonyl (C=O) groups excluding carboxylic acids is 5. The van der Waals surface area contributed by atoms with Crippen LogP contribution in [-0.2, 0) is 57.1 Å². The number of amides is 2. The van der Waals surface area contributed by atoms with Gasteiger partial charge in [-0.3, -0.25) is 19.2 Å². The summed E-state index contributed by atoms with van der Waals surface area (Å²) in [6.45, 7) is 17.9. The molecule has 0 spiro atoms. The normalized spacial score (nSPS) is 32.7. The van der Waals surface area contributed by atoms with Crippen LogP contribution in [0.2, 0.25) is 0 Å². The Morgan fingerprint density at radius 1 is 0.776 bits per heavy atom. The highest BCUT2D eigenvalue weighted by molar-refractivity contribution is 5.77. The first-order chi connectivity index (χ1) is 27.4. The van der Waals surface area contributed by atoms with Crippen molar-refractivity contribution in [3.05, 3.63) is 35.9 Å². The summed E-state index contributed by atoms with van der Waals surface area (Å²) in [7, 11) is 0. The molecule has 1 aromatic rings. The van der Waals surface area contributed by atoms with Gasteiger partial charge in [0.05, 0.1) is 43.5 Å². The number of benzene rings is 1. The Morgan fingerprint density at radius 3 is 2.00 bits per heavy atom. The van der Waals surface area contributed by atoms with Crippen LogP contribution in [0.5, 0.6) is 0 Å². The Morgan fingerprint density at radius 2 is 1.36 bits per heavy atom. The van der Waals surface area contributed by atoms with Gasteiger partial charge in [-0.25, -0.2) is 4.79 Å². The van der Waals surface area contributed by atoms with Crippen molar-refractivity contribution in [2.75, 3.05) is 26.4 Å². The second-order valence-electron chi connectivity index (χ2n) is 16.7. The Labute approximate surface area is 343 Å². The van der Waals surface area contributed by atoms with E-state index in [1.54, 1.807) is 6.92 Å². The summed E-state index contributed by atoms with van der Waals surface area (Å²) in [6.07, 6.45) is -2.97. The number of esters is 4. The molecule has 2 saturated heterocycles. The van der Waals surface area contributed by atoms with Crippen molar-refractivity contribution >= 4 is 29.9 Å². The average Bonchev–Trinajstić information content (AvgIpc) is 3.17. The molecule has 0 radical (unpaired) electrons. The van der Waals surface area contributed by atoms with Crippen LogP contribution in [0.4, 0.5) is 4.79 Å². The lowest BCUT2D eigenvalue weighted by atomic mass is 9.77.